The summed E-state index contributed by atoms with van der Waals surface area (Å²) in [5.74, 6) is -1.78. The Labute approximate surface area is 290 Å². The van der Waals surface area contributed by atoms with Gasteiger partial charge in [0, 0.05) is 29.2 Å². The average molecular weight is 720 g/mol. The number of nitrogens with zero attached hydrogens (tertiary/aromatic N) is 4. The average Bonchev–Trinajstić information content (AvgIpc) is 3.69. The molecule has 1 saturated heterocycles. The topological polar surface area (TPSA) is 134 Å². The molecule has 0 radical (unpaired) electrons. The third-order valence-corrected chi connectivity index (χ3v) is 9.23. The zero-order valence-electron chi connectivity index (χ0n) is 26.9. The number of nitrogens with one attached hydrogen (secondary N) is 1. The number of aromatic nitrogens is 2. The Morgan fingerprint density at radius 2 is 1.78 bits per heavy atom. The lowest BCUT2D eigenvalue weighted by Crippen LogP contribution is -2.59. The Morgan fingerprint density at radius 1 is 1.10 bits per heavy atom. The SMILES string of the molecule is Cc1cc(NCC(O)(CN(C(=O)c2c(Cl)cccc2Cl)C(C)C)C(F)(F)F)c2cnn(-c3cccc(C(=O)N4CCC[C@H]4C(N)=O)c3)c2c1. The number of primary amides is 1. The first-order valence-electron chi connectivity index (χ1n) is 15.5. The van der Waals surface area contributed by atoms with Crippen LogP contribution in [0.25, 0.3) is 16.6 Å². The third-order valence-electron chi connectivity index (χ3n) is 8.60. The maximum absolute atomic E-state index is 14.6. The monoisotopic (exact) mass is 718 g/mol. The molecule has 260 valence electrons. The van der Waals surface area contributed by atoms with E-state index in [1.54, 1.807) is 48.0 Å². The highest BCUT2D eigenvalue weighted by molar-refractivity contribution is 6.39. The number of halogens is 5. The Kier molecular flexibility index (Phi) is 10.2. The van der Waals surface area contributed by atoms with Gasteiger partial charge in [-0.1, -0.05) is 35.3 Å². The van der Waals surface area contributed by atoms with E-state index in [1.807, 2.05) is 0 Å². The summed E-state index contributed by atoms with van der Waals surface area (Å²) in [6, 6.07) is 12.9. The van der Waals surface area contributed by atoms with Crippen LogP contribution >= 0.6 is 23.2 Å². The number of anilines is 1. The smallest absolute Gasteiger partial charge is 0.381 e. The van der Waals surface area contributed by atoms with Gasteiger partial charge in [0.2, 0.25) is 5.91 Å². The van der Waals surface area contributed by atoms with E-state index in [9.17, 15) is 32.7 Å². The fourth-order valence-corrected chi connectivity index (χ4v) is 6.52. The van der Waals surface area contributed by atoms with Crippen LogP contribution in [0.2, 0.25) is 10.0 Å². The predicted molar refractivity (Wildman–Crippen MR) is 181 cm³/mol. The molecule has 0 aliphatic carbocycles. The Balaban J connectivity index is 1.44. The number of aliphatic hydroxyl groups is 1. The van der Waals surface area contributed by atoms with Crippen LogP contribution in [-0.4, -0.2) is 85.9 Å². The van der Waals surface area contributed by atoms with Crippen molar-refractivity contribution in [2.45, 2.75) is 57.5 Å². The molecule has 1 fully saturated rings. The van der Waals surface area contributed by atoms with Gasteiger partial charge in [-0.3, -0.25) is 14.4 Å². The number of nitrogens with two attached hydrogens (primary N) is 1. The van der Waals surface area contributed by atoms with Crippen molar-refractivity contribution >= 4 is 57.5 Å². The molecule has 4 N–H and O–H groups in total. The highest BCUT2D eigenvalue weighted by Gasteiger charge is 2.55. The summed E-state index contributed by atoms with van der Waals surface area (Å²) >= 11 is 12.4. The Hall–Kier alpha value is -4.33. The first-order valence-corrected chi connectivity index (χ1v) is 16.2. The summed E-state index contributed by atoms with van der Waals surface area (Å²) in [7, 11) is 0. The first-order chi connectivity index (χ1) is 23.0. The molecule has 0 bridgehead atoms. The molecule has 4 aromatic rings. The molecular formula is C34H35Cl2F3N6O4. The molecular weight excluding hydrogens is 684 g/mol. The first kappa shape index (κ1) is 36.0. The lowest BCUT2D eigenvalue weighted by Gasteiger charge is -2.38. The maximum Gasteiger partial charge on any atom is 0.420 e. The van der Waals surface area contributed by atoms with Crippen LogP contribution in [0, 0.1) is 6.92 Å². The highest BCUT2D eigenvalue weighted by atomic mass is 35.5. The molecule has 1 aliphatic heterocycles. The molecule has 2 heterocycles. The zero-order chi connectivity index (χ0) is 35.8. The molecule has 15 heteroatoms. The quantitative estimate of drug-likeness (QED) is 0.185. The predicted octanol–water partition coefficient (Wildman–Crippen LogP) is 5.99. The lowest BCUT2D eigenvalue weighted by atomic mass is 10.00. The molecule has 2 atom stereocenters. The molecule has 49 heavy (non-hydrogen) atoms. The van der Waals surface area contributed by atoms with Crippen molar-refractivity contribution in [2.75, 3.05) is 25.0 Å². The van der Waals surface area contributed by atoms with E-state index in [-0.39, 0.29) is 27.2 Å². The van der Waals surface area contributed by atoms with E-state index < -0.39 is 48.8 Å². The largest absolute Gasteiger partial charge is 0.420 e. The van der Waals surface area contributed by atoms with Gasteiger partial charge in [-0.15, -0.1) is 0 Å². The van der Waals surface area contributed by atoms with Crippen molar-refractivity contribution in [1.82, 2.24) is 19.6 Å². The Bertz CT molecular complexity index is 1900. The van der Waals surface area contributed by atoms with E-state index in [2.05, 4.69) is 10.4 Å². The number of rotatable bonds is 10. The van der Waals surface area contributed by atoms with Crippen LogP contribution in [0.3, 0.4) is 0 Å². The molecule has 3 amide bonds. The van der Waals surface area contributed by atoms with Crippen molar-refractivity contribution in [3.63, 3.8) is 0 Å². The van der Waals surface area contributed by atoms with E-state index in [4.69, 9.17) is 28.9 Å². The number of benzene rings is 3. The van der Waals surface area contributed by atoms with Crippen molar-refractivity contribution < 1.29 is 32.7 Å². The molecule has 1 aliphatic rings. The van der Waals surface area contributed by atoms with Gasteiger partial charge in [0.05, 0.1) is 46.1 Å². The molecule has 3 aromatic carbocycles. The van der Waals surface area contributed by atoms with E-state index >= 15 is 0 Å². The van der Waals surface area contributed by atoms with Crippen LogP contribution in [0.1, 0.15) is 53.0 Å². The van der Waals surface area contributed by atoms with E-state index in [0.717, 1.165) is 4.90 Å². The number of hydrogen-bond donors (Lipinski definition) is 3. The van der Waals surface area contributed by atoms with Gasteiger partial charge < -0.3 is 26.0 Å². The van der Waals surface area contributed by atoms with Crippen molar-refractivity contribution in [2.24, 2.45) is 5.73 Å². The zero-order valence-corrected chi connectivity index (χ0v) is 28.4. The van der Waals surface area contributed by atoms with Crippen molar-refractivity contribution in [3.05, 3.63) is 87.5 Å². The minimum Gasteiger partial charge on any atom is -0.381 e. The summed E-state index contributed by atoms with van der Waals surface area (Å²) in [6.07, 6.45) is -2.54. The van der Waals surface area contributed by atoms with Gasteiger partial charge in [-0.2, -0.15) is 18.3 Å². The summed E-state index contributed by atoms with van der Waals surface area (Å²) in [5.41, 5.74) is 4.22. The van der Waals surface area contributed by atoms with Crippen LogP contribution in [0.15, 0.2) is 60.8 Å². The van der Waals surface area contributed by atoms with E-state index in [0.29, 0.717) is 47.1 Å². The van der Waals surface area contributed by atoms with Crippen LogP contribution in [-0.2, 0) is 4.79 Å². The number of fused-ring (bicyclic) bond motifs is 1. The normalized spacial score (nSPS) is 16.2. The fourth-order valence-electron chi connectivity index (χ4n) is 5.96. The number of amides is 3. The van der Waals surface area contributed by atoms with Crippen molar-refractivity contribution in [1.29, 1.82) is 0 Å². The molecule has 5 rings (SSSR count). The fraction of sp³-hybridized carbons (Fsp3) is 0.353. The van der Waals surface area contributed by atoms with Crippen molar-refractivity contribution in [3.8, 4) is 5.69 Å². The highest BCUT2D eigenvalue weighted by Crippen LogP contribution is 2.35. The third kappa shape index (κ3) is 7.19. The molecule has 10 nitrogen and oxygen atoms in total. The summed E-state index contributed by atoms with van der Waals surface area (Å²) in [4.78, 5) is 41.0. The molecule has 0 saturated carbocycles. The number of likely N-dealkylation sites (tertiary alicyclic amines) is 1. The second kappa shape index (κ2) is 13.9. The van der Waals surface area contributed by atoms with Gasteiger partial charge in [-0.05, 0) is 81.6 Å². The Morgan fingerprint density at radius 3 is 2.41 bits per heavy atom. The van der Waals surface area contributed by atoms with Gasteiger partial charge in [-0.25, -0.2) is 4.68 Å². The minimum absolute atomic E-state index is 0.0307. The molecule has 0 spiro atoms. The number of carbonyl (C=O) groups is 3. The van der Waals surface area contributed by atoms with Gasteiger partial charge in [0.1, 0.15) is 6.04 Å². The summed E-state index contributed by atoms with van der Waals surface area (Å²) < 4.78 is 45.4. The second-order valence-corrected chi connectivity index (χ2v) is 13.2. The second-order valence-electron chi connectivity index (χ2n) is 12.4. The standard InChI is InChI=1S/C34H35Cl2F3N6O4/c1-19(2)44(32(48)29-24(35)9-5-10-25(29)36)18-33(49,34(37,38)39)17-41-26-13-20(3)14-28-23(26)16-42-45(28)22-8-4-7-21(15-22)31(47)43-12-6-11-27(43)30(40)46/h4-5,7-10,13-16,19,27,41,49H,6,11-12,17-18H2,1-3H3,(H2,40,46)/t27-,33?/m0/s1. The van der Waals surface area contributed by atoms with E-state index in [1.165, 1.54) is 43.1 Å². The minimum atomic E-state index is -5.15. The lowest BCUT2D eigenvalue weighted by molar-refractivity contribution is -0.258. The van der Waals surface area contributed by atoms with Crippen LogP contribution in [0.5, 0.6) is 0 Å². The van der Waals surface area contributed by atoms with Crippen LogP contribution in [0.4, 0.5) is 18.9 Å². The number of aryl methyl sites for hydroxylation is 1. The summed E-state index contributed by atoms with van der Waals surface area (Å²) in [6.45, 7) is 3.08. The van der Waals surface area contributed by atoms with Gasteiger partial charge >= 0.3 is 6.18 Å². The number of hydrogen-bond acceptors (Lipinski definition) is 6. The van der Waals surface area contributed by atoms with Gasteiger partial charge in [0.25, 0.3) is 11.8 Å². The van der Waals surface area contributed by atoms with Crippen LogP contribution < -0.4 is 11.1 Å². The number of alkyl halides is 3. The molecule has 1 aromatic heterocycles. The van der Waals surface area contributed by atoms with Gasteiger partial charge in [0.15, 0.2) is 5.60 Å². The summed E-state index contributed by atoms with van der Waals surface area (Å²) in [5, 5.41) is 18.8. The maximum atomic E-state index is 14.6. The molecule has 1 unspecified atom stereocenters. The number of carbonyl (C=O) groups excluding carboxylic acids is 3.